The van der Waals surface area contributed by atoms with Gasteiger partial charge in [-0.1, -0.05) is 45.9 Å². The van der Waals surface area contributed by atoms with Crippen LogP contribution in [0.3, 0.4) is 0 Å². The second-order valence-corrected chi connectivity index (χ2v) is 16.0. The first-order valence-corrected chi connectivity index (χ1v) is 19.4. The van der Waals surface area contributed by atoms with Gasteiger partial charge in [0.15, 0.2) is 5.75 Å². The molecule has 2 aromatic rings. The number of rotatable bonds is 2. The average molecular weight is 791 g/mol. The van der Waals surface area contributed by atoms with Gasteiger partial charge in [0.25, 0.3) is 11.7 Å². The fourth-order valence-corrected chi connectivity index (χ4v) is 8.46. The van der Waals surface area contributed by atoms with Crippen molar-refractivity contribution in [2.75, 3.05) is 25.5 Å². The molecule has 0 aliphatic carbocycles. The minimum atomic E-state index is -1.94. The third-order valence-electron chi connectivity index (χ3n) is 12.0. The highest BCUT2D eigenvalue weighted by molar-refractivity contribution is 6.21. The van der Waals surface area contributed by atoms with Gasteiger partial charge in [-0.25, -0.2) is 4.99 Å². The standard InChI is InChI=1S/C42H54N4O11/c1-19-11-10-12-20(2)40(53)44-32-31-30(45-42(46-31)14-16-43-17-15-42)27-28(36(32)51)35(50)24(6)38-29(27)39(52)41(8,57-38)55-18-13-26(54-9)21(3)37(56-25(7)47)23(5)34(49)22(4)33(19)48/h10-13,18-19,21-23,26,33-34,37,43,45,48-51H,14-17H2,1-9H3/b11-10-,18-13-,20-12+,44-32?/t19-,21-,22+,23+,26-,33-,34+,37-,41-/m0/s1. The molecule has 4 bridgehead atoms. The number of ketones is 1. The number of carbonyl (C=O) groups is 3. The molecule has 0 radical (unpaired) electrons. The molecule has 0 saturated carbocycles. The Morgan fingerprint density at radius 2 is 1.63 bits per heavy atom. The predicted octanol–water partition coefficient (Wildman–Crippen LogP) is 3.38. The molecule has 0 aromatic heterocycles. The summed E-state index contributed by atoms with van der Waals surface area (Å²) >= 11 is 0. The van der Waals surface area contributed by atoms with Crippen LogP contribution in [0.15, 0.2) is 46.1 Å². The Labute approximate surface area is 331 Å². The van der Waals surface area contributed by atoms with Gasteiger partial charge in [-0.05, 0) is 33.0 Å². The zero-order valence-corrected chi connectivity index (χ0v) is 33.9. The molecule has 1 spiro atoms. The van der Waals surface area contributed by atoms with Crippen molar-refractivity contribution in [2.45, 2.75) is 104 Å². The topological polar surface area (TPSA) is 218 Å². The van der Waals surface area contributed by atoms with E-state index in [1.165, 1.54) is 33.3 Å². The summed E-state index contributed by atoms with van der Waals surface area (Å²) in [4.78, 5) is 50.0. The highest BCUT2D eigenvalue weighted by atomic mass is 16.7. The summed E-state index contributed by atoms with van der Waals surface area (Å²) in [5.41, 5.74) is -0.131. The number of phenolic OH excluding ortho intramolecular Hbond substituents is 2. The first kappa shape index (κ1) is 41.8. The number of aromatic hydroxyl groups is 2. The number of hydrogen-bond donors (Lipinski definition) is 6. The molecule has 4 aliphatic heterocycles. The molecule has 1 saturated heterocycles. The van der Waals surface area contributed by atoms with E-state index in [1.54, 1.807) is 59.8 Å². The van der Waals surface area contributed by atoms with Crippen LogP contribution in [0, 0.1) is 30.6 Å². The third-order valence-corrected chi connectivity index (χ3v) is 12.0. The molecule has 2 aromatic carbocycles. The van der Waals surface area contributed by atoms with E-state index in [1.807, 2.05) is 0 Å². The summed E-state index contributed by atoms with van der Waals surface area (Å²) in [5.74, 6) is -7.05. The smallest absolute Gasteiger partial charge is 0.312 e. The van der Waals surface area contributed by atoms with Crippen LogP contribution in [-0.4, -0.2) is 94.2 Å². The van der Waals surface area contributed by atoms with Crippen molar-refractivity contribution >= 4 is 34.1 Å². The van der Waals surface area contributed by atoms with Gasteiger partial charge in [0.2, 0.25) is 0 Å². The summed E-state index contributed by atoms with van der Waals surface area (Å²) < 4.78 is 23.8. The first-order chi connectivity index (χ1) is 26.9. The molecular weight excluding hydrogens is 736 g/mol. The fraction of sp³-hybridized carbons (Fsp3) is 0.548. The van der Waals surface area contributed by atoms with Gasteiger partial charge in [-0.3, -0.25) is 19.4 Å². The van der Waals surface area contributed by atoms with Crippen molar-refractivity contribution < 1.29 is 53.8 Å². The number of anilines is 1. The number of methoxy groups -OCH3 is 1. The second-order valence-electron chi connectivity index (χ2n) is 16.0. The van der Waals surface area contributed by atoms with Crippen LogP contribution in [0.25, 0.3) is 10.8 Å². The Kier molecular flexibility index (Phi) is 11.6. The summed E-state index contributed by atoms with van der Waals surface area (Å²) in [6.45, 7) is 14.1. The lowest BCUT2D eigenvalue weighted by molar-refractivity contribution is -0.160. The number of Topliss-reactive ketones (excluding diaryl/α,β-unsaturated/α-hetero) is 1. The maximum absolute atomic E-state index is 14.6. The molecule has 1 fully saturated rings. The van der Waals surface area contributed by atoms with Crippen LogP contribution in [-0.2, 0) is 23.8 Å². The number of aliphatic hydroxyl groups excluding tert-OH is 2. The number of aliphatic hydroxyl groups is 2. The monoisotopic (exact) mass is 790 g/mol. The van der Waals surface area contributed by atoms with E-state index in [-0.39, 0.29) is 49.7 Å². The number of phenols is 2. The largest absolute Gasteiger partial charge is 0.507 e. The normalized spacial score (nSPS) is 33.6. The Morgan fingerprint density at radius 3 is 2.28 bits per heavy atom. The molecule has 57 heavy (non-hydrogen) atoms. The number of piperidine rings is 1. The molecule has 6 rings (SSSR count). The first-order valence-electron chi connectivity index (χ1n) is 19.4. The van der Waals surface area contributed by atoms with Crippen molar-refractivity contribution in [3.63, 3.8) is 0 Å². The number of ether oxygens (including phenoxy) is 4. The molecule has 6 N–H and O–H groups in total. The number of hydrogen-bond acceptors (Lipinski definition) is 14. The molecule has 15 nitrogen and oxygen atoms in total. The molecule has 308 valence electrons. The van der Waals surface area contributed by atoms with Gasteiger partial charge in [-0.15, -0.1) is 0 Å². The van der Waals surface area contributed by atoms with E-state index in [4.69, 9.17) is 23.9 Å². The SMILES string of the molecule is CO[C@H]1/C=C\O[C@@]2(C)Oc3c(C)c(O)c4c(O)c(c5c(c4c3C2=O)NC2(CCNCC2)N=5)=NC(=O)/C(C)=C/C=C\[C@H](C)[C@H](O)[C@@H](C)[C@@H](O)[C@@H](C)[C@@H](OC(C)=O)[C@H]1C. The lowest BCUT2D eigenvalue weighted by Crippen LogP contribution is -2.46. The van der Waals surface area contributed by atoms with Crippen LogP contribution < -0.4 is 26.1 Å². The van der Waals surface area contributed by atoms with E-state index in [9.17, 15) is 34.8 Å². The molecule has 4 heterocycles. The van der Waals surface area contributed by atoms with Crippen LogP contribution >= 0.6 is 0 Å². The number of esters is 1. The van der Waals surface area contributed by atoms with E-state index < -0.39 is 82.9 Å². The van der Waals surface area contributed by atoms with E-state index in [0.29, 0.717) is 31.6 Å². The highest BCUT2D eigenvalue weighted by Gasteiger charge is 2.50. The number of benzene rings is 2. The Balaban J connectivity index is 1.57. The van der Waals surface area contributed by atoms with Gasteiger partial charge in [0.1, 0.15) is 34.0 Å². The molecule has 15 heteroatoms. The van der Waals surface area contributed by atoms with Crippen LogP contribution in [0.2, 0.25) is 0 Å². The van der Waals surface area contributed by atoms with Crippen molar-refractivity contribution in [2.24, 2.45) is 33.7 Å². The van der Waals surface area contributed by atoms with Crippen molar-refractivity contribution in [1.82, 2.24) is 5.32 Å². The minimum Gasteiger partial charge on any atom is -0.507 e. The number of allylic oxidation sites excluding steroid dienone is 2. The summed E-state index contributed by atoms with van der Waals surface area (Å²) in [5, 5.41) is 53.4. The maximum Gasteiger partial charge on any atom is 0.312 e. The highest BCUT2D eigenvalue weighted by Crippen LogP contribution is 2.51. The minimum absolute atomic E-state index is 0.0461. The van der Waals surface area contributed by atoms with Crippen LogP contribution in [0.1, 0.15) is 77.2 Å². The predicted molar refractivity (Wildman–Crippen MR) is 209 cm³/mol. The van der Waals surface area contributed by atoms with Gasteiger partial charge in [-0.2, -0.15) is 0 Å². The van der Waals surface area contributed by atoms with Gasteiger partial charge in [0.05, 0.1) is 41.2 Å². The quantitative estimate of drug-likeness (QED) is 0.190. The lowest BCUT2D eigenvalue weighted by Gasteiger charge is -2.38. The van der Waals surface area contributed by atoms with Crippen LogP contribution in [0.4, 0.5) is 5.69 Å². The summed E-state index contributed by atoms with van der Waals surface area (Å²) in [7, 11) is 1.46. The van der Waals surface area contributed by atoms with E-state index >= 15 is 0 Å². The van der Waals surface area contributed by atoms with E-state index in [0.717, 1.165) is 0 Å². The van der Waals surface area contributed by atoms with Crippen molar-refractivity contribution in [1.29, 1.82) is 0 Å². The van der Waals surface area contributed by atoms with Crippen molar-refractivity contribution in [3.8, 4) is 17.2 Å². The number of nitrogens with zero attached hydrogens (tertiary/aromatic N) is 2. The average Bonchev–Trinajstić information content (AvgIpc) is 3.67. The number of nitrogens with one attached hydrogen (secondary N) is 2. The summed E-state index contributed by atoms with van der Waals surface area (Å²) in [6.07, 6.45) is 4.96. The Hall–Kier alpha value is -4.83. The fourth-order valence-electron chi connectivity index (χ4n) is 8.46. The lowest BCUT2D eigenvalue weighted by atomic mass is 9.78. The number of fused-ring (bicyclic) bond motifs is 1. The zero-order chi connectivity index (χ0) is 41.7. The summed E-state index contributed by atoms with van der Waals surface area (Å²) in [6, 6.07) is 0. The zero-order valence-electron chi connectivity index (χ0n) is 33.9. The molecule has 9 atom stereocenters. The molecule has 4 aliphatic rings. The number of carbonyl (C=O) groups excluding carboxylic acids is 3. The Morgan fingerprint density at radius 1 is 0.947 bits per heavy atom. The second kappa shape index (κ2) is 15.8. The van der Waals surface area contributed by atoms with Gasteiger partial charge >= 0.3 is 11.8 Å². The van der Waals surface area contributed by atoms with Gasteiger partial charge in [0, 0.05) is 74.0 Å². The molecule has 0 unspecified atom stereocenters. The number of amides is 1. The van der Waals surface area contributed by atoms with Crippen LogP contribution in [0.5, 0.6) is 17.2 Å². The molecular formula is C42H54N4O11. The third kappa shape index (κ3) is 7.41. The van der Waals surface area contributed by atoms with E-state index in [2.05, 4.69) is 15.6 Å². The van der Waals surface area contributed by atoms with Crippen molar-refractivity contribution in [3.05, 3.63) is 58.0 Å². The Bertz CT molecular complexity index is 2190. The molecule has 1 amide bonds. The van der Waals surface area contributed by atoms with Gasteiger partial charge < -0.3 is 50.0 Å². The maximum atomic E-state index is 14.6.